The second-order valence-electron chi connectivity index (χ2n) is 4.16. The highest BCUT2D eigenvalue weighted by molar-refractivity contribution is 5.81. The van der Waals surface area contributed by atoms with Gasteiger partial charge in [-0.05, 0) is 44.0 Å². The van der Waals surface area contributed by atoms with Gasteiger partial charge < -0.3 is 5.73 Å². The molecule has 1 rings (SSSR count). The molecule has 4 heteroatoms. The zero-order chi connectivity index (χ0) is 12.3. The Labute approximate surface area is 94.8 Å². The molecule has 1 aromatic rings. The van der Waals surface area contributed by atoms with E-state index in [1.165, 1.54) is 12.1 Å². The Balaban J connectivity index is 3.06. The SMILES string of the molecule is Cc1cc(F)ccc1C(NC(C)C)C(N)=O. The van der Waals surface area contributed by atoms with E-state index < -0.39 is 11.9 Å². The van der Waals surface area contributed by atoms with Crippen LogP contribution in [0.5, 0.6) is 0 Å². The summed E-state index contributed by atoms with van der Waals surface area (Å²) in [6, 6.07) is 3.88. The first-order valence-electron chi connectivity index (χ1n) is 5.23. The predicted octanol–water partition coefficient (Wildman–Crippen LogP) is 1.66. The van der Waals surface area contributed by atoms with Gasteiger partial charge in [0.1, 0.15) is 11.9 Å². The second-order valence-corrected chi connectivity index (χ2v) is 4.16. The number of aryl methyl sites for hydroxylation is 1. The van der Waals surface area contributed by atoms with Gasteiger partial charge in [-0.25, -0.2) is 4.39 Å². The highest BCUT2D eigenvalue weighted by Crippen LogP contribution is 2.19. The molecule has 0 heterocycles. The van der Waals surface area contributed by atoms with Gasteiger partial charge in [-0.1, -0.05) is 6.07 Å². The summed E-state index contributed by atoms with van der Waals surface area (Å²) in [6.07, 6.45) is 0. The van der Waals surface area contributed by atoms with Crippen molar-refractivity contribution in [2.45, 2.75) is 32.9 Å². The van der Waals surface area contributed by atoms with Crippen LogP contribution in [0.1, 0.15) is 31.0 Å². The summed E-state index contributed by atoms with van der Waals surface area (Å²) < 4.78 is 12.9. The number of benzene rings is 1. The van der Waals surface area contributed by atoms with Crippen LogP contribution in [0.2, 0.25) is 0 Å². The van der Waals surface area contributed by atoms with E-state index >= 15 is 0 Å². The molecule has 0 radical (unpaired) electrons. The van der Waals surface area contributed by atoms with Crippen molar-refractivity contribution in [2.75, 3.05) is 0 Å². The van der Waals surface area contributed by atoms with Gasteiger partial charge in [-0.3, -0.25) is 10.1 Å². The lowest BCUT2D eigenvalue weighted by atomic mass is 10.00. The fourth-order valence-corrected chi connectivity index (χ4v) is 1.62. The third-order valence-corrected chi connectivity index (χ3v) is 2.33. The van der Waals surface area contributed by atoms with E-state index in [2.05, 4.69) is 5.32 Å². The summed E-state index contributed by atoms with van der Waals surface area (Å²) in [7, 11) is 0. The van der Waals surface area contributed by atoms with E-state index in [1.54, 1.807) is 13.0 Å². The molecule has 0 aliphatic carbocycles. The van der Waals surface area contributed by atoms with Gasteiger partial charge in [0.15, 0.2) is 0 Å². The lowest BCUT2D eigenvalue weighted by Gasteiger charge is -2.20. The Morgan fingerprint density at radius 2 is 2.06 bits per heavy atom. The van der Waals surface area contributed by atoms with Gasteiger partial charge in [-0.15, -0.1) is 0 Å². The molecule has 16 heavy (non-hydrogen) atoms. The Bertz CT molecular complexity index is 391. The largest absolute Gasteiger partial charge is 0.368 e. The number of rotatable bonds is 4. The molecule has 1 atom stereocenters. The van der Waals surface area contributed by atoms with Crippen LogP contribution in [0.15, 0.2) is 18.2 Å². The van der Waals surface area contributed by atoms with Crippen molar-refractivity contribution in [2.24, 2.45) is 5.73 Å². The summed E-state index contributed by atoms with van der Waals surface area (Å²) in [6.45, 7) is 5.61. The number of primary amides is 1. The van der Waals surface area contributed by atoms with E-state index in [0.29, 0.717) is 0 Å². The van der Waals surface area contributed by atoms with Crippen LogP contribution in [0, 0.1) is 12.7 Å². The normalized spacial score (nSPS) is 12.8. The molecule has 0 aliphatic heterocycles. The van der Waals surface area contributed by atoms with Crippen molar-refractivity contribution >= 4 is 5.91 Å². The predicted molar refractivity (Wildman–Crippen MR) is 61.3 cm³/mol. The lowest BCUT2D eigenvalue weighted by Crippen LogP contribution is -2.37. The number of nitrogens with one attached hydrogen (secondary N) is 1. The van der Waals surface area contributed by atoms with Crippen molar-refractivity contribution in [3.63, 3.8) is 0 Å². The maximum Gasteiger partial charge on any atom is 0.239 e. The topological polar surface area (TPSA) is 55.1 Å². The van der Waals surface area contributed by atoms with Crippen LogP contribution < -0.4 is 11.1 Å². The van der Waals surface area contributed by atoms with Crippen molar-refractivity contribution in [3.05, 3.63) is 35.1 Å². The molecule has 1 amide bonds. The molecule has 1 unspecified atom stereocenters. The highest BCUT2D eigenvalue weighted by Gasteiger charge is 2.20. The maximum atomic E-state index is 12.9. The lowest BCUT2D eigenvalue weighted by molar-refractivity contribution is -0.120. The van der Waals surface area contributed by atoms with Gasteiger partial charge in [0.05, 0.1) is 0 Å². The van der Waals surface area contributed by atoms with Gasteiger partial charge in [0.2, 0.25) is 5.91 Å². The Morgan fingerprint density at radius 1 is 1.44 bits per heavy atom. The molecular formula is C12H17FN2O. The third kappa shape index (κ3) is 3.03. The van der Waals surface area contributed by atoms with E-state index in [4.69, 9.17) is 5.73 Å². The molecule has 0 aliphatic rings. The molecule has 0 bridgehead atoms. The molecule has 0 spiro atoms. The summed E-state index contributed by atoms with van der Waals surface area (Å²) >= 11 is 0. The minimum absolute atomic E-state index is 0.127. The quantitative estimate of drug-likeness (QED) is 0.817. The average molecular weight is 224 g/mol. The van der Waals surface area contributed by atoms with E-state index in [-0.39, 0.29) is 11.9 Å². The third-order valence-electron chi connectivity index (χ3n) is 2.33. The second kappa shape index (κ2) is 5.07. The van der Waals surface area contributed by atoms with E-state index in [0.717, 1.165) is 11.1 Å². The molecule has 0 saturated heterocycles. The smallest absolute Gasteiger partial charge is 0.239 e. The number of amides is 1. The fourth-order valence-electron chi connectivity index (χ4n) is 1.62. The number of hydrogen-bond acceptors (Lipinski definition) is 2. The zero-order valence-electron chi connectivity index (χ0n) is 9.75. The van der Waals surface area contributed by atoms with Crippen LogP contribution >= 0.6 is 0 Å². The summed E-state index contributed by atoms with van der Waals surface area (Å²) in [5, 5.41) is 3.06. The monoisotopic (exact) mass is 224 g/mol. The number of halogens is 1. The first-order valence-corrected chi connectivity index (χ1v) is 5.23. The molecular weight excluding hydrogens is 207 g/mol. The van der Waals surface area contributed by atoms with Gasteiger partial charge >= 0.3 is 0 Å². The highest BCUT2D eigenvalue weighted by atomic mass is 19.1. The Hall–Kier alpha value is -1.42. The van der Waals surface area contributed by atoms with Crippen molar-refractivity contribution in [3.8, 4) is 0 Å². The van der Waals surface area contributed by atoms with E-state index in [9.17, 15) is 9.18 Å². The molecule has 0 aromatic heterocycles. The van der Waals surface area contributed by atoms with E-state index in [1.807, 2.05) is 13.8 Å². The number of carbonyl (C=O) groups is 1. The Kier molecular flexibility index (Phi) is 4.01. The maximum absolute atomic E-state index is 12.9. The molecule has 1 aromatic carbocycles. The first kappa shape index (κ1) is 12.6. The summed E-state index contributed by atoms with van der Waals surface area (Å²) in [4.78, 5) is 11.3. The Morgan fingerprint density at radius 3 is 2.50 bits per heavy atom. The van der Waals surface area contributed by atoms with Crippen LogP contribution in [-0.2, 0) is 4.79 Å². The summed E-state index contributed by atoms with van der Waals surface area (Å²) in [5.41, 5.74) is 6.77. The standard InChI is InChI=1S/C12H17FN2O/c1-7(2)15-11(12(14)16)10-5-4-9(13)6-8(10)3/h4-7,11,15H,1-3H3,(H2,14,16). The molecule has 0 saturated carbocycles. The first-order chi connectivity index (χ1) is 7.41. The molecule has 88 valence electrons. The van der Waals surface area contributed by atoms with Gasteiger partial charge in [0, 0.05) is 6.04 Å². The summed E-state index contributed by atoms with van der Waals surface area (Å²) in [5.74, 6) is -0.766. The fraction of sp³-hybridized carbons (Fsp3) is 0.417. The molecule has 3 nitrogen and oxygen atoms in total. The van der Waals surface area contributed by atoms with Crippen molar-refractivity contribution in [1.29, 1.82) is 0 Å². The van der Waals surface area contributed by atoms with Crippen LogP contribution in [0.3, 0.4) is 0 Å². The minimum atomic E-state index is -0.569. The van der Waals surface area contributed by atoms with Gasteiger partial charge in [0.25, 0.3) is 0 Å². The molecule has 3 N–H and O–H groups in total. The average Bonchev–Trinajstić information content (AvgIpc) is 2.14. The van der Waals surface area contributed by atoms with Gasteiger partial charge in [-0.2, -0.15) is 0 Å². The number of carbonyl (C=O) groups excluding carboxylic acids is 1. The van der Waals surface area contributed by atoms with Crippen molar-refractivity contribution < 1.29 is 9.18 Å². The van der Waals surface area contributed by atoms with Crippen LogP contribution in [0.25, 0.3) is 0 Å². The number of hydrogen-bond donors (Lipinski definition) is 2. The van der Waals surface area contributed by atoms with Crippen molar-refractivity contribution in [1.82, 2.24) is 5.32 Å². The zero-order valence-corrected chi connectivity index (χ0v) is 9.75. The number of nitrogens with two attached hydrogens (primary N) is 1. The van der Waals surface area contributed by atoms with Crippen LogP contribution in [0.4, 0.5) is 4.39 Å². The minimum Gasteiger partial charge on any atom is -0.368 e. The molecule has 0 fully saturated rings. The van der Waals surface area contributed by atoms with Crippen LogP contribution in [-0.4, -0.2) is 11.9 Å².